The van der Waals surface area contributed by atoms with E-state index in [0.717, 1.165) is 11.1 Å². The van der Waals surface area contributed by atoms with Gasteiger partial charge in [-0.1, -0.05) is 32.0 Å². The van der Waals surface area contributed by atoms with Gasteiger partial charge in [-0.3, -0.25) is 0 Å². The zero-order valence-corrected chi connectivity index (χ0v) is 16.0. The van der Waals surface area contributed by atoms with Crippen molar-refractivity contribution in [2.45, 2.75) is 32.0 Å². The van der Waals surface area contributed by atoms with Crippen molar-refractivity contribution in [2.24, 2.45) is 0 Å². The second-order valence-corrected chi connectivity index (χ2v) is 7.41. The molecule has 0 saturated carbocycles. The van der Waals surface area contributed by atoms with E-state index < -0.39 is 12.8 Å². The molecule has 0 aliphatic carbocycles. The van der Waals surface area contributed by atoms with Crippen molar-refractivity contribution in [3.05, 3.63) is 63.9 Å². The topological polar surface area (TPSA) is 18.5 Å². The van der Waals surface area contributed by atoms with Crippen molar-refractivity contribution in [2.75, 3.05) is 13.2 Å². The Bertz CT molecular complexity index is 727. The van der Waals surface area contributed by atoms with Gasteiger partial charge in [0.25, 0.3) is 0 Å². The van der Waals surface area contributed by atoms with Gasteiger partial charge < -0.3 is 9.47 Å². The summed E-state index contributed by atoms with van der Waals surface area (Å²) in [5.41, 5.74) is 1.40. The molecule has 0 N–H and O–H groups in total. The Labute approximate surface area is 158 Å². The molecule has 2 aromatic rings. The van der Waals surface area contributed by atoms with Crippen LogP contribution in [-0.4, -0.2) is 19.4 Å². The molecule has 0 saturated heterocycles. The molecule has 7 heteroatoms. The maximum atomic E-state index is 13.2. The quantitative estimate of drug-likeness (QED) is 0.495. The first-order valence-corrected chi connectivity index (χ1v) is 8.68. The third-order valence-electron chi connectivity index (χ3n) is 3.75. The lowest BCUT2D eigenvalue weighted by Gasteiger charge is -2.25. The van der Waals surface area contributed by atoms with Gasteiger partial charge in [-0.15, -0.1) is 0 Å². The highest BCUT2D eigenvalue weighted by atomic mass is 79.9. The molecule has 2 rings (SSSR count). The molecule has 0 aliphatic heterocycles. The largest absolute Gasteiger partial charge is 0.484 e. The Morgan fingerprint density at radius 3 is 2.19 bits per heavy atom. The van der Waals surface area contributed by atoms with E-state index in [1.54, 1.807) is 24.3 Å². The van der Waals surface area contributed by atoms with Crippen molar-refractivity contribution in [1.82, 2.24) is 0 Å². The minimum absolute atomic E-state index is 0.166. The summed E-state index contributed by atoms with van der Waals surface area (Å²) in [4.78, 5) is 0. The van der Waals surface area contributed by atoms with E-state index in [4.69, 9.17) is 9.47 Å². The molecule has 2 aromatic carbocycles. The highest BCUT2D eigenvalue weighted by Gasteiger charge is 2.28. The molecular formula is C19H19BrF4O2. The smallest absolute Gasteiger partial charge is 0.422 e. The molecule has 0 heterocycles. The Kier molecular flexibility index (Phi) is 6.69. The van der Waals surface area contributed by atoms with Crippen LogP contribution >= 0.6 is 15.9 Å². The third kappa shape index (κ3) is 6.29. The first-order chi connectivity index (χ1) is 12.1. The molecule has 0 spiro atoms. The van der Waals surface area contributed by atoms with Crippen molar-refractivity contribution in [3.63, 3.8) is 0 Å². The van der Waals surface area contributed by atoms with E-state index in [-0.39, 0.29) is 17.0 Å². The number of alkyl halides is 3. The molecule has 26 heavy (non-hydrogen) atoms. The number of hydrogen-bond acceptors (Lipinski definition) is 2. The minimum atomic E-state index is -4.36. The average Bonchev–Trinajstić information content (AvgIpc) is 2.56. The standard InChI is InChI=1S/C19H19BrF4O2/c1-18(2,11-25-10-13-3-8-17(21)16(20)9-13)14-4-6-15(7-5-14)26-12-19(22,23)24/h3-9H,10-12H2,1-2H3. The highest BCUT2D eigenvalue weighted by molar-refractivity contribution is 9.10. The molecule has 0 aliphatic rings. The average molecular weight is 435 g/mol. The molecule has 142 valence electrons. The van der Waals surface area contributed by atoms with Crippen LogP contribution in [0.3, 0.4) is 0 Å². The van der Waals surface area contributed by atoms with Gasteiger partial charge in [-0.05, 0) is 51.3 Å². The summed E-state index contributed by atoms with van der Waals surface area (Å²) < 4.78 is 60.6. The lowest BCUT2D eigenvalue weighted by atomic mass is 9.85. The maximum Gasteiger partial charge on any atom is 0.422 e. The molecule has 0 radical (unpaired) electrons. The lowest BCUT2D eigenvalue weighted by molar-refractivity contribution is -0.153. The van der Waals surface area contributed by atoms with E-state index in [9.17, 15) is 17.6 Å². The summed E-state index contributed by atoms with van der Waals surface area (Å²) in [5.74, 6) is -0.166. The van der Waals surface area contributed by atoms with Gasteiger partial charge in [0, 0.05) is 5.41 Å². The monoisotopic (exact) mass is 434 g/mol. The van der Waals surface area contributed by atoms with Crippen LogP contribution in [0, 0.1) is 5.82 Å². The van der Waals surface area contributed by atoms with Crippen molar-refractivity contribution in [1.29, 1.82) is 0 Å². The fourth-order valence-electron chi connectivity index (χ4n) is 2.30. The first kappa shape index (κ1) is 20.7. The predicted molar refractivity (Wildman–Crippen MR) is 94.8 cm³/mol. The third-order valence-corrected chi connectivity index (χ3v) is 4.36. The van der Waals surface area contributed by atoms with Crippen LogP contribution < -0.4 is 4.74 Å². The molecule has 2 nitrogen and oxygen atoms in total. The van der Waals surface area contributed by atoms with Crippen molar-refractivity contribution in [3.8, 4) is 5.75 Å². The van der Waals surface area contributed by atoms with Crippen LogP contribution in [0.5, 0.6) is 5.75 Å². The minimum Gasteiger partial charge on any atom is -0.484 e. The lowest BCUT2D eigenvalue weighted by Crippen LogP contribution is -2.24. The molecule has 0 aromatic heterocycles. The normalized spacial score (nSPS) is 12.3. The zero-order chi connectivity index (χ0) is 19.4. The van der Waals surface area contributed by atoms with E-state index in [1.165, 1.54) is 18.2 Å². The van der Waals surface area contributed by atoms with Gasteiger partial charge >= 0.3 is 6.18 Å². The highest BCUT2D eigenvalue weighted by Crippen LogP contribution is 2.27. The second kappa shape index (κ2) is 8.39. The van der Waals surface area contributed by atoms with Crippen LogP contribution in [0.1, 0.15) is 25.0 Å². The van der Waals surface area contributed by atoms with Gasteiger partial charge in [-0.2, -0.15) is 13.2 Å². The van der Waals surface area contributed by atoms with Gasteiger partial charge in [0.1, 0.15) is 11.6 Å². The van der Waals surface area contributed by atoms with E-state index in [1.807, 2.05) is 13.8 Å². The van der Waals surface area contributed by atoms with Crippen molar-refractivity contribution >= 4 is 15.9 Å². The molecule has 0 bridgehead atoms. The number of benzene rings is 2. The zero-order valence-electron chi connectivity index (χ0n) is 14.4. The maximum absolute atomic E-state index is 13.2. The number of ether oxygens (including phenoxy) is 2. The van der Waals surface area contributed by atoms with Crippen LogP contribution in [0.2, 0.25) is 0 Å². The predicted octanol–water partition coefficient (Wildman–Crippen LogP) is 6.02. The number of hydrogen-bond donors (Lipinski definition) is 0. The summed E-state index contributed by atoms with van der Waals surface area (Å²) in [6.07, 6.45) is -4.36. The van der Waals surface area contributed by atoms with Crippen LogP contribution in [0.4, 0.5) is 17.6 Å². The first-order valence-electron chi connectivity index (χ1n) is 7.89. The van der Waals surface area contributed by atoms with Crippen molar-refractivity contribution < 1.29 is 27.0 Å². The van der Waals surface area contributed by atoms with E-state index in [0.29, 0.717) is 17.7 Å². The second-order valence-electron chi connectivity index (χ2n) is 6.55. The van der Waals surface area contributed by atoms with Gasteiger partial charge in [0.05, 0.1) is 17.7 Å². The fraction of sp³-hybridized carbons (Fsp3) is 0.368. The molecular weight excluding hydrogens is 416 g/mol. The molecule has 0 atom stereocenters. The summed E-state index contributed by atoms with van der Waals surface area (Å²) in [6.45, 7) is 3.35. The SMILES string of the molecule is CC(C)(COCc1ccc(F)c(Br)c1)c1ccc(OCC(F)(F)F)cc1. The van der Waals surface area contributed by atoms with E-state index in [2.05, 4.69) is 15.9 Å². The Hall–Kier alpha value is -1.60. The van der Waals surface area contributed by atoms with Crippen LogP contribution in [-0.2, 0) is 16.8 Å². The Morgan fingerprint density at radius 1 is 0.962 bits per heavy atom. The van der Waals surface area contributed by atoms with Crippen LogP contribution in [0.15, 0.2) is 46.9 Å². The molecule has 0 unspecified atom stereocenters. The summed E-state index contributed by atoms with van der Waals surface area (Å²) in [7, 11) is 0. The number of rotatable bonds is 7. The fourth-order valence-corrected chi connectivity index (χ4v) is 2.73. The Balaban J connectivity index is 1.91. The molecule has 0 amide bonds. The van der Waals surface area contributed by atoms with Gasteiger partial charge in [0.2, 0.25) is 0 Å². The van der Waals surface area contributed by atoms with Crippen LogP contribution in [0.25, 0.3) is 0 Å². The van der Waals surface area contributed by atoms with Gasteiger partial charge in [0.15, 0.2) is 6.61 Å². The van der Waals surface area contributed by atoms with E-state index >= 15 is 0 Å². The number of halogens is 5. The summed E-state index contributed by atoms with van der Waals surface area (Å²) in [5, 5.41) is 0. The summed E-state index contributed by atoms with van der Waals surface area (Å²) in [6, 6.07) is 11.2. The Morgan fingerprint density at radius 2 is 1.62 bits per heavy atom. The van der Waals surface area contributed by atoms with Gasteiger partial charge in [-0.25, -0.2) is 4.39 Å². The molecule has 0 fully saturated rings. The summed E-state index contributed by atoms with van der Waals surface area (Å²) >= 11 is 3.13.